The van der Waals surface area contributed by atoms with E-state index in [1.165, 1.54) is 4.90 Å². The zero-order valence-electron chi connectivity index (χ0n) is 25.8. The molecule has 2 heterocycles. The number of carbonyl (C=O) groups is 5. The predicted molar refractivity (Wildman–Crippen MR) is 156 cm³/mol. The van der Waals surface area contributed by atoms with Gasteiger partial charge in [0.2, 0.25) is 17.6 Å². The fourth-order valence-corrected chi connectivity index (χ4v) is 5.26. The summed E-state index contributed by atoms with van der Waals surface area (Å²) in [7, 11) is 0. The average molecular weight is 589 g/mol. The van der Waals surface area contributed by atoms with E-state index in [0.717, 1.165) is 38.5 Å². The molecule has 1 saturated carbocycles. The Morgan fingerprint density at radius 3 is 2.31 bits per heavy atom. The minimum Gasteiger partial charge on any atom is -0.444 e. The van der Waals surface area contributed by atoms with Crippen LogP contribution in [0.1, 0.15) is 92.4 Å². The Hall–Kier alpha value is -3.13. The Kier molecular flexibility index (Phi) is 11.4. The molecule has 0 radical (unpaired) electrons. The van der Waals surface area contributed by atoms with Gasteiger partial charge in [0.05, 0.1) is 12.6 Å². The molecule has 4 atom stereocenters. The van der Waals surface area contributed by atoms with Gasteiger partial charge in [-0.15, -0.1) is 12.3 Å². The van der Waals surface area contributed by atoms with Crippen LogP contribution in [0.4, 0.5) is 4.79 Å². The Bertz CT molecular complexity index is 1060. The molecule has 2 saturated heterocycles. The molecule has 4 amide bonds. The average Bonchev–Trinajstić information content (AvgIpc) is 3.60. The van der Waals surface area contributed by atoms with Gasteiger partial charge < -0.3 is 30.3 Å². The van der Waals surface area contributed by atoms with Gasteiger partial charge in [-0.05, 0) is 72.6 Å². The van der Waals surface area contributed by atoms with Crippen LogP contribution in [0.5, 0.6) is 0 Å². The highest BCUT2D eigenvalue weighted by Crippen LogP contribution is 2.37. The smallest absolute Gasteiger partial charge is 0.408 e. The summed E-state index contributed by atoms with van der Waals surface area (Å²) >= 11 is 0. The molecule has 3 rings (SSSR count). The van der Waals surface area contributed by atoms with Gasteiger partial charge in [-0.25, -0.2) is 4.79 Å². The van der Waals surface area contributed by atoms with E-state index in [9.17, 15) is 24.0 Å². The highest BCUT2D eigenvalue weighted by Gasteiger charge is 2.47. The second-order valence-electron chi connectivity index (χ2n) is 13.3. The maximum absolute atomic E-state index is 14.0. The fourth-order valence-electron chi connectivity index (χ4n) is 5.26. The Balaban J connectivity index is 1.89. The van der Waals surface area contributed by atoms with E-state index in [-0.39, 0.29) is 31.5 Å². The summed E-state index contributed by atoms with van der Waals surface area (Å²) in [5.74, 6) is 0.153. The molecule has 3 aliphatic rings. The van der Waals surface area contributed by atoms with Gasteiger partial charge in [0.15, 0.2) is 0 Å². The Morgan fingerprint density at radius 1 is 1.00 bits per heavy atom. The topological polar surface area (TPSA) is 143 Å². The van der Waals surface area contributed by atoms with Crippen molar-refractivity contribution in [3.63, 3.8) is 0 Å². The van der Waals surface area contributed by atoms with Crippen LogP contribution in [-0.2, 0) is 28.7 Å². The van der Waals surface area contributed by atoms with Crippen LogP contribution in [-0.4, -0.2) is 84.0 Å². The van der Waals surface area contributed by atoms with Crippen LogP contribution >= 0.6 is 0 Å². The molecule has 0 unspecified atom stereocenters. The van der Waals surface area contributed by atoms with E-state index < -0.39 is 58.7 Å². The summed E-state index contributed by atoms with van der Waals surface area (Å²) < 4.78 is 11.2. The van der Waals surface area contributed by atoms with Gasteiger partial charge in [-0.1, -0.05) is 25.7 Å². The fraction of sp³-hybridized carbons (Fsp3) is 0.774. The van der Waals surface area contributed by atoms with Crippen molar-refractivity contribution in [1.29, 1.82) is 0 Å². The van der Waals surface area contributed by atoms with E-state index in [4.69, 9.17) is 15.9 Å². The zero-order valence-corrected chi connectivity index (χ0v) is 25.8. The lowest BCUT2D eigenvalue weighted by Crippen LogP contribution is -2.57. The lowest BCUT2D eigenvalue weighted by Gasteiger charge is -2.30. The number of carbonyl (C=O) groups excluding carboxylic acids is 5. The van der Waals surface area contributed by atoms with Gasteiger partial charge in [0, 0.05) is 24.6 Å². The highest BCUT2D eigenvalue weighted by molar-refractivity contribution is 6.38. The van der Waals surface area contributed by atoms with Crippen LogP contribution in [0.2, 0.25) is 0 Å². The maximum Gasteiger partial charge on any atom is 0.408 e. The third kappa shape index (κ3) is 9.72. The van der Waals surface area contributed by atoms with Gasteiger partial charge in [-0.3, -0.25) is 19.2 Å². The van der Waals surface area contributed by atoms with E-state index in [2.05, 4.69) is 21.9 Å². The number of ether oxygens (including phenoxy) is 2. The van der Waals surface area contributed by atoms with Gasteiger partial charge in [-0.2, -0.15) is 0 Å². The first-order chi connectivity index (χ1) is 19.7. The second kappa shape index (κ2) is 14.4. The monoisotopic (exact) mass is 588 g/mol. The minimum absolute atomic E-state index is 0.00895. The molecule has 234 valence electrons. The number of fused-ring (bicyclic) bond motifs is 1. The molecule has 0 aromatic rings. The number of alkyl carbamates (subject to hydrolysis) is 1. The second-order valence-corrected chi connectivity index (χ2v) is 13.3. The van der Waals surface area contributed by atoms with E-state index in [0.29, 0.717) is 19.4 Å². The first kappa shape index (κ1) is 33.4. The number of ketones is 1. The van der Waals surface area contributed by atoms with Crippen molar-refractivity contribution in [2.24, 2.45) is 11.3 Å². The number of nitrogens with zero attached hydrogens (tertiary/aromatic N) is 1. The highest BCUT2D eigenvalue weighted by atomic mass is 16.6. The van der Waals surface area contributed by atoms with Crippen molar-refractivity contribution < 1.29 is 33.4 Å². The lowest BCUT2D eigenvalue weighted by molar-refractivity contribution is -0.143. The third-order valence-electron chi connectivity index (χ3n) is 8.10. The van der Waals surface area contributed by atoms with Crippen molar-refractivity contribution in [3.05, 3.63) is 0 Å². The van der Waals surface area contributed by atoms with Crippen LogP contribution in [0.3, 0.4) is 0 Å². The maximum atomic E-state index is 14.0. The summed E-state index contributed by atoms with van der Waals surface area (Å²) in [6, 6.07) is -3.04. The van der Waals surface area contributed by atoms with Crippen LogP contribution < -0.4 is 16.0 Å². The molecule has 2 aliphatic heterocycles. The number of Topliss-reactive ketones (excluding diaryl/α,β-unsaturated/α-hetero) is 1. The first-order valence-corrected chi connectivity index (χ1v) is 15.2. The number of rotatable bonds is 5. The Morgan fingerprint density at radius 2 is 1.67 bits per heavy atom. The summed E-state index contributed by atoms with van der Waals surface area (Å²) in [6.45, 7) is 9.42. The molecule has 11 nitrogen and oxygen atoms in total. The van der Waals surface area contributed by atoms with Crippen molar-refractivity contribution in [2.45, 2.75) is 122 Å². The van der Waals surface area contributed by atoms with Gasteiger partial charge in [0.1, 0.15) is 17.7 Å². The molecular weight excluding hydrogens is 540 g/mol. The molecule has 3 N–H and O–H groups in total. The largest absolute Gasteiger partial charge is 0.444 e. The van der Waals surface area contributed by atoms with E-state index >= 15 is 0 Å². The van der Waals surface area contributed by atoms with Crippen molar-refractivity contribution in [1.82, 2.24) is 20.9 Å². The summed E-state index contributed by atoms with van der Waals surface area (Å²) in [6.07, 6.45) is 11.3. The number of hydrogen-bond donors (Lipinski definition) is 3. The molecule has 0 aromatic carbocycles. The number of hydrogen-bond acceptors (Lipinski definition) is 7. The third-order valence-corrected chi connectivity index (χ3v) is 8.10. The molecule has 11 heteroatoms. The van der Waals surface area contributed by atoms with Crippen LogP contribution in [0, 0.1) is 23.7 Å². The van der Waals surface area contributed by atoms with E-state index in [1.54, 1.807) is 20.8 Å². The van der Waals surface area contributed by atoms with Crippen molar-refractivity contribution in [2.75, 3.05) is 19.8 Å². The van der Waals surface area contributed by atoms with Gasteiger partial charge in [0.25, 0.3) is 5.91 Å². The molecule has 0 bridgehead atoms. The normalized spacial score (nSPS) is 26.8. The number of terminal acetylenes is 1. The summed E-state index contributed by atoms with van der Waals surface area (Å²) in [4.78, 5) is 67.7. The molecule has 42 heavy (non-hydrogen) atoms. The number of nitrogens with one attached hydrogen (secondary N) is 3. The zero-order chi connectivity index (χ0) is 31.1. The lowest BCUT2D eigenvalue weighted by atomic mass is 9.78. The predicted octanol–water partition coefficient (Wildman–Crippen LogP) is 2.46. The Labute approximate surface area is 249 Å². The van der Waals surface area contributed by atoms with Gasteiger partial charge >= 0.3 is 6.09 Å². The van der Waals surface area contributed by atoms with Crippen molar-refractivity contribution >= 4 is 29.6 Å². The summed E-state index contributed by atoms with van der Waals surface area (Å²) in [5.41, 5.74) is -1.41. The van der Waals surface area contributed by atoms with Crippen LogP contribution in [0.15, 0.2) is 0 Å². The van der Waals surface area contributed by atoms with Crippen molar-refractivity contribution in [3.8, 4) is 12.3 Å². The van der Waals surface area contributed by atoms with E-state index in [1.807, 2.05) is 13.8 Å². The molecule has 0 aromatic heterocycles. The molecular formula is C31H48N4O7. The van der Waals surface area contributed by atoms with Crippen LogP contribution in [0.25, 0.3) is 0 Å². The minimum atomic E-state index is -1.10. The molecule has 1 aliphatic carbocycles. The standard InChI is InChI=1S/C31H48N4O7/c1-7-31(5,6)20-17-24-26(37)33-22(25(36)27(38)32-21-14-15-21)13-11-9-8-10-12-16-41-19-23(28(39)35(24)18-20)34-29(40)42-30(2,3)4/h1,20-24H,8-19H2,2-6H3,(H,32,38)(H,33,37)(H,34,40)/t20-,22+,23+,24+/m1/s1. The summed E-state index contributed by atoms with van der Waals surface area (Å²) in [5, 5.41) is 8.16. The number of amides is 4. The SMILES string of the molecule is C#CC(C)(C)[C@@H]1C[C@H]2C(=O)N[C@H](C(=O)C(=O)NC3CC3)CCCCCCCOC[C@H](NC(=O)OC(C)(C)C)C(=O)N2C1. The first-order valence-electron chi connectivity index (χ1n) is 15.2. The quantitative estimate of drug-likeness (QED) is 0.331. The molecule has 0 spiro atoms. The molecule has 3 fully saturated rings.